The van der Waals surface area contributed by atoms with Gasteiger partial charge in [-0.2, -0.15) is 0 Å². The van der Waals surface area contributed by atoms with Gasteiger partial charge in [0.05, 0.1) is 27.8 Å². The number of hydrogen-bond acceptors (Lipinski definition) is 1. The van der Waals surface area contributed by atoms with Crippen molar-refractivity contribution in [3.63, 3.8) is 0 Å². The van der Waals surface area contributed by atoms with Crippen molar-refractivity contribution in [1.29, 1.82) is 0 Å². The maximum atomic E-state index is 5.33. The standard InChI is InChI=1S/C66H44N2/c1-5-20-45(21-6-1)49-43-61(47-22-7-2-8-23-47)67-62(44-49)56-30-14-13-28-53(56)48-38-41-64-59(42-48)57-31-16-18-35-63(57)68(64)52-39-36-46(37-40-52)54-32-19-33-58-55-29-15-17-34-60(55)66(65(54)58,50-24-9-3-10-25-50)51-26-11-4-12-27-51/h1-44H. The summed E-state index contributed by atoms with van der Waals surface area (Å²) in [5.74, 6) is 0. The second kappa shape index (κ2) is 16.2. The van der Waals surface area contributed by atoms with Crippen LogP contribution in [-0.2, 0) is 5.41 Å². The van der Waals surface area contributed by atoms with Crippen LogP contribution in [0, 0.1) is 0 Å². The van der Waals surface area contributed by atoms with Crippen LogP contribution < -0.4 is 0 Å². The summed E-state index contributed by atoms with van der Waals surface area (Å²) < 4.78 is 2.42. The van der Waals surface area contributed by atoms with Gasteiger partial charge in [0.2, 0.25) is 0 Å². The first kappa shape index (κ1) is 39.5. The van der Waals surface area contributed by atoms with Crippen molar-refractivity contribution in [1.82, 2.24) is 9.55 Å². The molecule has 2 heterocycles. The van der Waals surface area contributed by atoms with Gasteiger partial charge in [-0.15, -0.1) is 0 Å². The number of nitrogens with zero attached hydrogens (tertiary/aromatic N) is 2. The molecule has 0 unspecified atom stereocenters. The molecule has 12 aromatic rings. The molecule has 1 aliphatic carbocycles. The second-order valence-electron chi connectivity index (χ2n) is 17.8. The largest absolute Gasteiger partial charge is 0.309 e. The van der Waals surface area contributed by atoms with E-state index in [0.29, 0.717) is 0 Å². The summed E-state index contributed by atoms with van der Waals surface area (Å²) in [5, 5.41) is 2.43. The zero-order chi connectivity index (χ0) is 45.0. The first-order chi connectivity index (χ1) is 33.7. The first-order valence-electron chi connectivity index (χ1n) is 23.5. The maximum absolute atomic E-state index is 5.33. The molecule has 68 heavy (non-hydrogen) atoms. The minimum Gasteiger partial charge on any atom is -0.309 e. The third-order valence-corrected chi connectivity index (χ3v) is 14.1. The molecule has 2 nitrogen and oxygen atoms in total. The fourth-order valence-electron chi connectivity index (χ4n) is 11.1. The highest BCUT2D eigenvalue weighted by atomic mass is 15.0. The summed E-state index contributed by atoms with van der Waals surface area (Å²) in [6, 6.07) is 97.2. The van der Waals surface area contributed by atoms with E-state index < -0.39 is 5.41 Å². The van der Waals surface area contributed by atoms with Crippen molar-refractivity contribution in [2.24, 2.45) is 0 Å². The Morgan fingerprint density at radius 3 is 1.54 bits per heavy atom. The molecule has 2 aromatic heterocycles. The lowest BCUT2D eigenvalue weighted by Crippen LogP contribution is -2.29. The van der Waals surface area contributed by atoms with Gasteiger partial charge in [0, 0.05) is 27.6 Å². The summed E-state index contributed by atoms with van der Waals surface area (Å²) in [4.78, 5) is 5.33. The summed E-state index contributed by atoms with van der Waals surface area (Å²) in [7, 11) is 0. The lowest BCUT2D eigenvalue weighted by atomic mass is 9.66. The zero-order valence-corrected chi connectivity index (χ0v) is 37.3. The van der Waals surface area contributed by atoms with Crippen LogP contribution in [0.1, 0.15) is 22.3 Å². The van der Waals surface area contributed by atoms with Crippen molar-refractivity contribution < 1.29 is 0 Å². The minimum atomic E-state index is -0.488. The number of rotatable bonds is 8. The van der Waals surface area contributed by atoms with Crippen LogP contribution in [0.15, 0.2) is 267 Å². The number of para-hydroxylation sites is 1. The molecule has 0 bridgehead atoms. The van der Waals surface area contributed by atoms with Gasteiger partial charge in [-0.1, -0.05) is 224 Å². The van der Waals surface area contributed by atoms with Gasteiger partial charge in [0.25, 0.3) is 0 Å². The van der Waals surface area contributed by atoms with Crippen LogP contribution in [0.2, 0.25) is 0 Å². The molecule has 0 radical (unpaired) electrons. The Morgan fingerprint density at radius 1 is 0.294 bits per heavy atom. The monoisotopic (exact) mass is 864 g/mol. The van der Waals surface area contributed by atoms with Crippen molar-refractivity contribution in [2.75, 3.05) is 0 Å². The fourth-order valence-corrected chi connectivity index (χ4v) is 11.1. The van der Waals surface area contributed by atoms with Gasteiger partial charge in [0.1, 0.15) is 0 Å². The minimum absolute atomic E-state index is 0.488. The third kappa shape index (κ3) is 6.30. The van der Waals surface area contributed by atoms with Crippen LogP contribution in [0.4, 0.5) is 0 Å². The van der Waals surface area contributed by atoms with Crippen molar-refractivity contribution in [3.05, 3.63) is 289 Å². The summed E-state index contributed by atoms with van der Waals surface area (Å²) in [6.07, 6.45) is 0. The number of hydrogen-bond donors (Lipinski definition) is 0. The van der Waals surface area contributed by atoms with Crippen LogP contribution in [-0.4, -0.2) is 9.55 Å². The molecule has 2 heteroatoms. The van der Waals surface area contributed by atoms with Crippen molar-refractivity contribution in [2.45, 2.75) is 5.41 Å². The lowest BCUT2D eigenvalue weighted by molar-refractivity contribution is 0.770. The lowest BCUT2D eigenvalue weighted by Gasteiger charge is -2.35. The third-order valence-electron chi connectivity index (χ3n) is 14.1. The molecule has 0 amide bonds. The molecule has 13 rings (SSSR count). The Bertz CT molecular complexity index is 3720. The van der Waals surface area contributed by atoms with Crippen molar-refractivity contribution >= 4 is 21.8 Å². The first-order valence-corrected chi connectivity index (χ1v) is 23.5. The highest BCUT2D eigenvalue weighted by Crippen LogP contribution is 2.58. The van der Waals surface area contributed by atoms with Gasteiger partial charge >= 0.3 is 0 Å². The molecule has 0 spiro atoms. The highest BCUT2D eigenvalue weighted by Gasteiger charge is 2.47. The molecular formula is C66H44N2. The van der Waals surface area contributed by atoms with Gasteiger partial charge in [-0.05, 0) is 109 Å². The van der Waals surface area contributed by atoms with E-state index in [2.05, 4.69) is 271 Å². The van der Waals surface area contributed by atoms with E-state index in [-0.39, 0.29) is 0 Å². The van der Waals surface area contributed by atoms with Gasteiger partial charge < -0.3 is 4.57 Å². The molecule has 0 saturated heterocycles. The van der Waals surface area contributed by atoms with E-state index in [1.165, 1.54) is 71.9 Å². The highest BCUT2D eigenvalue weighted by molar-refractivity contribution is 6.11. The fraction of sp³-hybridized carbons (Fsp3) is 0.0152. The predicted molar refractivity (Wildman–Crippen MR) is 283 cm³/mol. The number of fused-ring (bicyclic) bond motifs is 6. The van der Waals surface area contributed by atoms with Crippen LogP contribution in [0.3, 0.4) is 0 Å². The van der Waals surface area contributed by atoms with E-state index in [9.17, 15) is 0 Å². The van der Waals surface area contributed by atoms with E-state index in [1.54, 1.807) is 0 Å². The summed E-state index contributed by atoms with van der Waals surface area (Å²) in [6.45, 7) is 0. The van der Waals surface area contributed by atoms with E-state index >= 15 is 0 Å². The average molecular weight is 865 g/mol. The Morgan fingerprint density at radius 2 is 0.824 bits per heavy atom. The molecule has 0 saturated carbocycles. The SMILES string of the molecule is c1ccc(-c2cc(-c3ccccc3)nc(-c3ccccc3-c3ccc4c(c3)c3ccccc3n4-c3ccc(-c4cccc5c4C(c4ccccc4)(c4ccccc4)c4ccccc4-5)cc3)c2)cc1. The van der Waals surface area contributed by atoms with Crippen LogP contribution in [0.5, 0.6) is 0 Å². The number of pyridine rings is 1. The Kier molecular flexibility index (Phi) is 9.43. The summed E-state index contributed by atoms with van der Waals surface area (Å²) in [5.41, 5.74) is 21.8. The van der Waals surface area contributed by atoms with Gasteiger partial charge in [0.15, 0.2) is 0 Å². The maximum Gasteiger partial charge on any atom is 0.0721 e. The molecule has 318 valence electrons. The predicted octanol–water partition coefficient (Wildman–Crippen LogP) is 16.9. The van der Waals surface area contributed by atoms with Crippen molar-refractivity contribution in [3.8, 4) is 72.7 Å². The van der Waals surface area contributed by atoms with E-state index in [4.69, 9.17) is 4.98 Å². The molecule has 0 aliphatic heterocycles. The van der Waals surface area contributed by atoms with E-state index in [1.807, 2.05) is 0 Å². The molecule has 10 aromatic carbocycles. The quantitative estimate of drug-likeness (QED) is 0.149. The van der Waals surface area contributed by atoms with Crippen LogP contribution in [0.25, 0.3) is 94.5 Å². The molecule has 0 atom stereocenters. The van der Waals surface area contributed by atoms with Gasteiger partial charge in [-0.3, -0.25) is 0 Å². The van der Waals surface area contributed by atoms with Gasteiger partial charge in [-0.25, -0.2) is 4.98 Å². The average Bonchev–Trinajstić information content (AvgIpc) is 3.92. The molecule has 0 N–H and O–H groups in total. The molecule has 1 aliphatic rings. The normalized spacial score (nSPS) is 12.5. The smallest absolute Gasteiger partial charge is 0.0721 e. The van der Waals surface area contributed by atoms with Crippen LogP contribution >= 0.6 is 0 Å². The number of aromatic nitrogens is 2. The van der Waals surface area contributed by atoms with E-state index in [0.717, 1.165) is 44.9 Å². The summed E-state index contributed by atoms with van der Waals surface area (Å²) >= 11 is 0. The molecule has 0 fully saturated rings. The molecular weight excluding hydrogens is 821 g/mol. The Balaban J connectivity index is 0.936. The number of benzene rings is 10. The Hall–Kier alpha value is -8.85. The zero-order valence-electron chi connectivity index (χ0n) is 37.3. The Labute approximate surface area is 396 Å². The second-order valence-corrected chi connectivity index (χ2v) is 17.8. The topological polar surface area (TPSA) is 17.8 Å².